The maximum atomic E-state index is 11.6. The molecule has 0 N–H and O–H groups in total. The summed E-state index contributed by atoms with van der Waals surface area (Å²) < 4.78 is 11.1. The first-order valence-corrected chi connectivity index (χ1v) is 7.22. The van der Waals surface area contributed by atoms with Crippen LogP contribution in [0.15, 0.2) is 24.3 Å². The molecule has 0 unspecified atom stereocenters. The van der Waals surface area contributed by atoms with E-state index >= 15 is 0 Å². The largest absolute Gasteiger partial charge is 0.486 e. The summed E-state index contributed by atoms with van der Waals surface area (Å²) in [4.78, 5) is 11.6. The van der Waals surface area contributed by atoms with Crippen LogP contribution in [0.1, 0.15) is 52.0 Å². The summed E-state index contributed by atoms with van der Waals surface area (Å²) >= 11 is 0. The van der Waals surface area contributed by atoms with E-state index < -0.39 is 0 Å². The van der Waals surface area contributed by atoms with E-state index in [4.69, 9.17) is 9.47 Å². The molecule has 1 fully saturated rings. The molecule has 0 atom stereocenters. The van der Waals surface area contributed by atoms with Gasteiger partial charge in [0.05, 0.1) is 13.5 Å². The van der Waals surface area contributed by atoms with Crippen LogP contribution in [-0.4, -0.2) is 18.7 Å². The Kier molecular flexibility index (Phi) is 4.07. The Balaban J connectivity index is 2.22. The molecule has 20 heavy (non-hydrogen) atoms. The van der Waals surface area contributed by atoms with Crippen molar-refractivity contribution < 1.29 is 14.3 Å². The molecular weight excluding hydrogens is 252 g/mol. The van der Waals surface area contributed by atoms with Crippen molar-refractivity contribution in [2.45, 2.75) is 57.5 Å². The molecule has 3 heteroatoms. The smallest absolute Gasteiger partial charge is 0.309 e. The predicted octanol–water partition coefficient (Wildman–Crippen LogP) is 3.85. The second-order valence-electron chi connectivity index (χ2n) is 6.64. The molecule has 2 rings (SSSR count). The van der Waals surface area contributed by atoms with Gasteiger partial charge in [-0.15, -0.1) is 0 Å². The Hall–Kier alpha value is -1.51. The van der Waals surface area contributed by atoms with Crippen LogP contribution in [0.4, 0.5) is 0 Å². The zero-order valence-electron chi connectivity index (χ0n) is 12.9. The third-order valence-corrected chi connectivity index (χ3v) is 3.98. The van der Waals surface area contributed by atoms with Gasteiger partial charge in [0.2, 0.25) is 0 Å². The summed E-state index contributed by atoms with van der Waals surface area (Å²) in [6.07, 6.45) is 3.28. The molecule has 0 saturated heterocycles. The van der Waals surface area contributed by atoms with Crippen molar-refractivity contribution in [3.63, 3.8) is 0 Å². The average molecular weight is 276 g/mol. The van der Waals surface area contributed by atoms with Crippen LogP contribution < -0.4 is 4.74 Å². The Bertz CT molecular complexity index is 481. The number of ether oxygens (including phenoxy) is 2. The van der Waals surface area contributed by atoms with Gasteiger partial charge in [-0.1, -0.05) is 39.0 Å². The molecule has 0 radical (unpaired) electrons. The van der Waals surface area contributed by atoms with Crippen molar-refractivity contribution in [3.05, 3.63) is 29.8 Å². The van der Waals surface area contributed by atoms with Gasteiger partial charge in [-0.2, -0.15) is 0 Å². The van der Waals surface area contributed by atoms with Crippen molar-refractivity contribution in [1.82, 2.24) is 0 Å². The lowest BCUT2D eigenvalue weighted by atomic mass is 9.77. The molecule has 0 bridgehead atoms. The minimum absolute atomic E-state index is 0.0206. The third-order valence-electron chi connectivity index (χ3n) is 3.98. The van der Waals surface area contributed by atoms with E-state index in [9.17, 15) is 4.79 Å². The van der Waals surface area contributed by atoms with E-state index in [0.29, 0.717) is 6.42 Å². The number of carbonyl (C=O) groups excluding carboxylic acids is 1. The SMILES string of the molecule is COC(=O)CC1(Oc2ccccc2C(C)(C)C)CCC1. The summed E-state index contributed by atoms with van der Waals surface area (Å²) in [6, 6.07) is 8.11. The Morgan fingerprint density at radius 2 is 1.90 bits per heavy atom. The Labute approximate surface area is 121 Å². The van der Waals surface area contributed by atoms with E-state index in [1.54, 1.807) is 0 Å². The van der Waals surface area contributed by atoms with Crippen molar-refractivity contribution in [3.8, 4) is 5.75 Å². The first-order valence-electron chi connectivity index (χ1n) is 7.22. The highest BCUT2D eigenvalue weighted by Gasteiger charge is 2.42. The highest BCUT2D eigenvalue weighted by atomic mass is 16.5. The lowest BCUT2D eigenvalue weighted by Gasteiger charge is -2.42. The van der Waals surface area contributed by atoms with Crippen molar-refractivity contribution in [2.24, 2.45) is 0 Å². The fourth-order valence-electron chi connectivity index (χ4n) is 2.63. The van der Waals surface area contributed by atoms with Crippen molar-refractivity contribution >= 4 is 5.97 Å². The molecule has 1 aliphatic carbocycles. The molecule has 0 aliphatic heterocycles. The number of para-hydroxylation sites is 1. The molecule has 0 heterocycles. The van der Waals surface area contributed by atoms with Crippen molar-refractivity contribution in [2.75, 3.05) is 7.11 Å². The van der Waals surface area contributed by atoms with Gasteiger partial charge >= 0.3 is 5.97 Å². The topological polar surface area (TPSA) is 35.5 Å². The summed E-state index contributed by atoms with van der Waals surface area (Å²) in [5.74, 6) is 0.696. The van der Waals surface area contributed by atoms with Crippen LogP contribution in [0.5, 0.6) is 5.75 Å². The normalized spacial score (nSPS) is 17.2. The van der Waals surface area contributed by atoms with Gasteiger partial charge in [0.1, 0.15) is 11.4 Å². The number of rotatable bonds is 4. The molecule has 1 aliphatic rings. The van der Waals surface area contributed by atoms with Crippen molar-refractivity contribution in [1.29, 1.82) is 0 Å². The minimum Gasteiger partial charge on any atom is -0.486 e. The first-order chi connectivity index (χ1) is 9.36. The van der Waals surface area contributed by atoms with Crippen LogP contribution in [-0.2, 0) is 14.9 Å². The summed E-state index contributed by atoms with van der Waals surface area (Å²) in [6.45, 7) is 6.51. The highest BCUT2D eigenvalue weighted by molar-refractivity contribution is 5.70. The fraction of sp³-hybridized carbons (Fsp3) is 0.588. The van der Waals surface area contributed by atoms with E-state index in [1.807, 2.05) is 18.2 Å². The van der Waals surface area contributed by atoms with Crippen LogP contribution in [0, 0.1) is 0 Å². The van der Waals surface area contributed by atoms with E-state index in [1.165, 1.54) is 12.7 Å². The molecule has 3 nitrogen and oxygen atoms in total. The van der Waals surface area contributed by atoms with Crippen LogP contribution in [0.25, 0.3) is 0 Å². The number of carbonyl (C=O) groups is 1. The fourth-order valence-corrected chi connectivity index (χ4v) is 2.63. The first kappa shape index (κ1) is 14.9. The molecular formula is C17H24O3. The molecule has 0 amide bonds. The van der Waals surface area contributed by atoms with Gasteiger partial charge in [0, 0.05) is 0 Å². The van der Waals surface area contributed by atoms with Gasteiger partial charge in [0.15, 0.2) is 0 Å². The van der Waals surface area contributed by atoms with E-state index in [2.05, 4.69) is 26.8 Å². The molecule has 1 saturated carbocycles. The molecule has 0 spiro atoms. The van der Waals surface area contributed by atoms with Gasteiger partial charge in [-0.05, 0) is 36.3 Å². The number of methoxy groups -OCH3 is 1. The molecule has 1 aromatic rings. The number of hydrogen-bond donors (Lipinski definition) is 0. The monoisotopic (exact) mass is 276 g/mol. The molecule has 110 valence electrons. The minimum atomic E-state index is -0.367. The van der Waals surface area contributed by atoms with Crippen LogP contribution in [0.2, 0.25) is 0 Å². The summed E-state index contributed by atoms with van der Waals surface area (Å²) in [5.41, 5.74) is 0.831. The Morgan fingerprint density at radius 1 is 1.25 bits per heavy atom. The Morgan fingerprint density at radius 3 is 2.40 bits per heavy atom. The summed E-state index contributed by atoms with van der Waals surface area (Å²) in [7, 11) is 1.43. The lowest BCUT2D eigenvalue weighted by molar-refractivity contribution is -0.148. The lowest BCUT2D eigenvalue weighted by Crippen LogP contribution is -2.45. The number of benzene rings is 1. The maximum absolute atomic E-state index is 11.6. The molecule has 1 aromatic carbocycles. The third kappa shape index (κ3) is 3.14. The number of hydrogen-bond acceptors (Lipinski definition) is 3. The zero-order valence-corrected chi connectivity index (χ0v) is 12.9. The van der Waals surface area contributed by atoms with Gasteiger partial charge < -0.3 is 9.47 Å². The number of esters is 1. The van der Waals surface area contributed by atoms with Crippen LogP contribution in [0.3, 0.4) is 0 Å². The summed E-state index contributed by atoms with van der Waals surface area (Å²) in [5, 5.41) is 0. The zero-order chi connectivity index (χ0) is 14.8. The van der Waals surface area contributed by atoms with Gasteiger partial charge in [-0.3, -0.25) is 4.79 Å². The average Bonchev–Trinajstić information content (AvgIpc) is 2.35. The van der Waals surface area contributed by atoms with Crippen LogP contribution >= 0.6 is 0 Å². The van der Waals surface area contributed by atoms with Gasteiger partial charge in [0.25, 0.3) is 0 Å². The van der Waals surface area contributed by atoms with E-state index in [0.717, 1.165) is 25.0 Å². The maximum Gasteiger partial charge on any atom is 0.309 e. The second-order valence-corrected chi connectivity index (χ2v) is 6.64. The predicted molar refractivity (Wildman–Crippen MR) is 79.0 cm³/mol. The highest BCUT2D eigenvalue weighted by Crippen LogP contribution is 2.42. The van der Waals surface area contributed by atoms with E-state index in [-0.39, 0.29) is 17.0 Å². The molecule has 0 aromatic heterocycles. The standard InChI is InChI=1S/C17H24O3/c1-16(2,3)13-8-5-6-9-14(13)20-17(10-7-11-17)12-15(18)19-4/h5-6,8-9H,7,10-12H2,1-4H3. The second kappa shape index (κ2) is 5.47. The van der Waals surface area contributed by atoms with Gasteiger partial charge in [-0.25, -0.2) is 0 Å². The quantitative estimate of drug-likeness (QED) is 0.784.